The fraction of sp³-hybridized carbons (Fsp3) is 0.364. The number of hydrogen-bond acceptors (Lipinski definition) is 4. The quantitative estimate of drug-likeness (QED) is 0.743. The molecule has 1 amide bonds. The van der Waals surface area contributed by atoms with Crippen LogP contribution in [0.15, 0.2) is 30.3 Å². The highest BCUT2D eigenvalue weighted by atomic mass is 32.2. The molecule has 0 radical (unpaired) electrons. The summed E-state index contributed by atoms with van der Waals surface area (Å²) in [7, 11) is -3.09. The lowest BCUT2D eigenvalue weighted by atomic mass is 10.2. The average Bonchev–Trinajstić information content (AvgIpc) is 2.69. The Kier molecular flexibility index (Phi) is 2.16. The van der Waals surface area contributed by atoms with E-state index in [1.165, 1.54) is 4.90 Å². The largest absolute Gasteiger partial charge is 0.442 e. The van der Waals surface area contributed by atoms with E-state index in [1.807, 2.05) is 6.07 Å². The van der Waals surface area contributed by atoms with Crippen LogP contribution in [0, 0.1) is 0 Å². The Labute approximate surface area is 98.9 Å². The maximum atomic E-state index is 11.7. The van der Waals surface area contributed by atoms with Crippen molar-refractivity contribution in [2.75, 3.05) is 16.4 Å². The molecule has 0 aromatic heterocycles. The molecule has 0 aliphatic carbocycles. The van der Waals surface area contributed by atoms with E-state index in [2.05, 4.69) is 0 Å². The zero-order chi connectivity index (χ0) is 12.0. The number of rotatable bonds is 1. The van der Waals surface area contributed by atoms with Gasteiger partial charge in [-0.3, -0.25) is 4.90 Å². The smallest absolute Gasteiger partial charge is 0.415 e. The maximum absolute atomic E-state index is 11.7. The molecule has 90 valence electrons. The van der Waals surface area contributed by atoms with E-state index in [4.69, 9.17) is 4.74 Å². The number of sulfone groups is 1. The van der Waals surface area contributed by atoms with Crippen molar-refractivity contribution in [2.24, 2.45) is 0 Å². The van der Waals surface area contributed by atoms with Crippen molar-refractivity contribution in [1.82, 2.24) is 0 Å². The van der Waals surface area contributed by atoms with Gasteiger partial charge in [0.05, 0.1) is 17.5 Å². The summed E-state index contributed by atoms with van der Waals surface area (Å²) in [5.41, 5.74) is 0.683. The molecule has 0 N–H and O–H groups in total. The molecule has 2 aliphatic rings. The van der Waals surface area contributed by atoms with Gasteiger partial charge in [0.25, 0.3) is 0 Å². The van der Waals surface area contributed by atoms with Crippen LogP contribution in [0.3, 0.4) is 0 Å². The minimum absolute atomic E-state index is 0.0156. The lowest BCUT2D eigenvalue weighted by Gasteiger charge is -2.19. The molecule has 1 aromatic carbocycles. The first-order valence-electron chi connectivity index (χ1n) is 5.32. The Bertz CT molecular complexity index is 554. The van der Waals surface area contributed by atoms with Gasteiger partial charge in [0.1, 0.15) is 6.10 Å². The molecule has 0 bridgehead atoms. The van der Waals surface area contributed by atoms with Gasteiger partial charge in [0, 0.05) is 5.69 Å². The van der Waals surface area contributed by atoms with Crippen molar-refractivity contribution in [1.29, 1.82) is 0 Å². The summed E-state index contributed by atoms with van der Waals surface area (Å²) in [4.78, 5) is 13.1. The molecular weight excluding hydrogens is 242 g/mol. The molecule has 2 saturated heterocycles. The van der Waals surface area contributed by atoms with Crippen LogP contribution in [0.1, 0.15) is 0 Å². The molecule has 2 heterocycles. The van der Waals surface area contributed by atoms with Crippen molar-refractivity contribution in [2.45, 2.75) is 12.1 Å². The van der Waals surface area contributed by atoms with Crippen LogP contribution in [0.5, 0.6) is 0 Å². The Morgan fingerprint density at radius 1 is 1.18 bits per heavy atom. The van der Waals surface area contributed by atoms with Gasteiger partial charge in [-0.1, -0.05) is 18.2 Å². The predicted octanol–water partition coefficient (Wildman–Crippen LogP) is 0.809. The minimum Gasteiger partial charge on any atom is -0.442 e. The summed E-state index contributed by atoms with van der Waals surface area (Å²) in [5, 5.41) is 0. The fourth-order valence-corrected chi connectivity index (χ4v) is 4.17. The lowest BCUT2D eigenvalue weighted by molar-refractivity contribution is 0.147. The van der Waals surface area contributed by atoms with E-state index < -0.39 is 22.0 Å². The Morgan fingerprint density at radius 3 is 2.59 bits per heavy atom. The molecule has 6 heteroatoms. The second kappa shape index (κ2) is 3.46. The summed E-state index contributed by atoms with van der Waals surface area (Å²) >= 11 is 0. The summed E-state index contributed by atoms with van der Waals surface area (Å²) in [6.07, 6.45) is -0.978. The number of para-hydroxylation sites is 1. The van der Waals surface area contributed by atoms with E-state index >= 15 is 0 Å². The van der Waals surface area contributed by atoms with Gasteiger partial charge < -0.3 is 4.74 Å². The van der Waals surface area contributed by atoms with E-state index in [1.54, 1.807) is 24.3 Å². The number of ether oxygens (including phenoxy) is 1. The highest BCUT2D eigenvalue weighted by molar-refractivity contribution is 7.91. The lowest BCUT2D eigenvalue weighted by Crippen LogP contribution is -2.36. The van der Waals surface area contributed by atoms with E-state index in [0.717, 1.165) is 0 Å². The van der Waals surface area contributed by atoms with Crippen LogP contribution < -0.4 is 4.90 Å². The standard InChI is InChI=1S/C11H11NO4S/c13-11-12(8-4-2-1-3-5-8)9-6-17(14,15)7-10(9)16-11/h1-5,9-10H,6-7H2/t9-,10+/m0/s1. The van der Waals surface area contributed by atoms with Crippen molar-refractivity contribution >= 4 is 21.6 Å². The Hall–Kier alpha value is -1.56. The molecule has 2 atom stereocenters. The number of anilines is 1. The Balaban J connectivity index is 1.98. The second-order valence-corrected chi connectivity index (χ2v) is 6.43. The molecule has 0 unspecified atom stereocenters. The number of carbonyl (C=O) groups excluding carboxylic acids is 1. The molecule has 5 nitrogen and oxygen atoms in total. The van der Waals surface area contributed by atoms with Crippen LogP contribution in [0.4, 0.5) is 10.5 Å². The van der Waals surface area contributed by atoms with E-state index in [0.29, 0.717) is 5.69 Å². The van der Waals surface area contributed by atoms with Crippen LogP contribution in [-0.2, 0) is 14.6 Å². The molecule has 17 heavy (non-hydrogen) atoms. The summed E-state index contributed by atoms with van der Waals surface area (Å²) in [5.74, 6) is -0.0783. The molecule has 1 aromatic rings. The van der Waals surface area contributed by atoms with Gasteiger partial charge >= 0.3 is 6.09 Å². The molecule has 3 rings (SSSR count). The molecule has 2 aliphatic heterocycles. The van der Waals surface area contributed by atoms with Crippen molar-refractivity contribution in [3.8, 4) is 0 Å². The highest BCUT2D eigenvalue weighted by Gasteiger charge is 2.51. The van der Waals surface area contributed by atoms with E-state index in [9.17, 15) is 13.2 Å². The van der Waals surface area contributed by atoms with E-state index in [-0.39, 0.29) is 17.5 Å². The van der Waals surface area contributed by atoms with Crippen molar-refractivity contribution in [3.63, 3.8) is 0 Å². The zero-order valence-corrected chi connectivity index (χ0v) is 9.76. The topological polar surface area (TPSA) is 63.7 Å². The number of benzene rings is 1. The fourth-order valence-electron chi connectivity index (χ4n) is 2.36. The molecular formula is C11H11NO4S. The van der Waals surface area contributed by atoms with Crippen LogP contribution >= 0.6 is 0 Å². The zero-order valence-electron chi connectivity index (χ0n) is 8.94. The third-order valence-corrected chi connectivity index (χ3v) is 4.77. The van der Waals surface area contributed by atoms with Gasteiger partial charge in [-0.05, 0) is 12.1 Å². The van der Waals surface area contributed by atoms with Crippen LogP contribution in [0.2, 0.25) is 0 Å². The van der Waals surface area contributed by atoms with Gasteiger partial charge in [-0.2, -0.15) is 0 Å². The highest BCUT2D eigenvalue weighted by Crippen LogP contribution is 2.32. The van der Waals surface area contributed by atoms with Gasteiger partial charge in [0.15, 0.2) is 9.84 Å². The van der Waals surface area contributed by atoms with Gasteiger partial charge in [0.2, 0.25) is 0 Å². The average molecular weight is 253 g/mol. The number of carbonyl (C=O) groups is 1. The maximum Gasteiger partial charge on any atom is 0.415 e. The SMILES string of the molecule is O=C1O[C@@H]2CS(=O)(=O)C[C@@H]2N1c1ccccc1. The van der Waals surface area contributed by atoms with Crippen LogP contribution in [-0.4, -0.2) is 38.2 Å². The number of fused-ring (bicyclic) bond motifs is 1. The van der Waals surface area contributed by atoms with Gasteiger partial charge in [-0.15, -0.1) is 0 Å². The number of hydrogen-bond donors (Lipinski definition) is 0. The van der Waals surface area contributed by atoms with Crippen molar-refractivity contribution in [3.05, 3.63) is 30.3 Å². The van der Waals surface area contributed by atoms with Crippen LogP contribution in [0.25, 0.3) is 0 Å². The van der Waals surface area contributed by atoms with Crippen molar-refractivity contribution < 1.29 is 17.9 Å². The minimum atomic E-state index is -3.09. The predicted molar refractivity (Wildman–Crippen MR) is 61.6 cm³/mol. The molecule has 2 fully saturated rings. The number of amides is 1. The first-order valence-corrected chi connectivity index (χ1v) is 7.14. The molecule has 0 spiro atoms. The first-order chi connectivity index (χ1) is 8.07. The monoisotopic (exact) mass is 253 g/mol. The summed E-state index contributed by atoms with van der Waals surface area (Å²) < 4.78 is 28.1. The first kappa shape index (κ1) is 10.6. The number of nitrogens with zero attached hydrogens (tertiary/aromatic N) is 1. The second-order valence-electron chi connectivity index (χ2n) is 4.27. The normalized spacial score (nSPS) is 30.1. The van der Waals surface area contributed by atoms with Gasteiger partial charge in [-0.25, -0.2) is 13.2 Å². The third kappa shape index (κ3) is 1.68. The summed E-state index contributed by atoms with van der Waals surface area (Å²) in [6, 6.07) is 8.62. The Morgan fingerprint density at radius 2 is 1.88 bits per heavy atom. The summed E-state index contributed by atoms with van der Waals surface area (Å²) in [6.45, 7) is 0. The third-order valence-electron chi connectivity index (χ3n) is 3.09. The molecule has 0 saturated carbocycles.